The highest BCUT2D eigenvalue weighted by Crippen LogP contribution is 2.26. The fraction of sp³-hybridized carbons (Fsp3) is 0.588. The topological polar surface area (TPSA) is 62.0 Å². The molecule has 0 amide bonds. The van der Waals surface area contributed by atoms with E-state index in [2.05, 4.69) is 14.8 Å². The lowest BCUT2D eigenvalue weighted by atomic mass is 10.1. The molecule has 1 N–H and O–H groups in total. The van der Waals surface area contributed by atoms with Gasteiger partial charge in [-0.2, -0.15) is 4.98 Å². The number of rotatable bonds is 5. The Morgan fingerprint density at radius 1 is 1.39 bits per heavy atom. The van der Waals surface area contributed by atoms with E-state index in [1.165, 1.54) is 6.42 Å². The molecule has 1 unspecified atom stereocenters. The van der Waals surface area contributed by atoms with Gasteiger partial charge in [-0.25, -0.2) is 0 Å². The van der Waals surface area contributed by atoms with E-state index in [0.717, 1.165) is 49.3 Å². The van der Waals surface area contributed by atoms with Gasteiger partial charge in [-0.15, -0.1) is 0 Å². The Labute approximate surface area is 135 Å². The van der Waals surface area contributed by atoms with E-state index < -0.39 is 6.23 Å². The molecule has 0 spiro atoms. The van der Waals surface area contributed by atoms with Crippen LogP contribution < -0.4 is 4.90 Å². The average Bonchev–Trinajstić information content (AvgIpc) is 3.11. The molecule has 0 saturated carbocycles. The van der Waals surface area contributed by atoms with E-state index in [9.17, 15) is 5.11 Å². The number of hydrogen-bond donors (Lipinski definition) is 1. The molecule has 6 heteroatoms. The van der Waals surface area contributed by atoms with E-state index >= 15 is 0 Å². The number of ether oxygens (including phenoxy) is 1. The van der Waals surface area contributed by atoms with Gasteiger partial charge >= 0.3 is 0 Å². The number of aliphatic hydroxyl groups is 1. The van der Waals surface area contributed by atoms with Crippen molar-refractivity contribution in [1.82, 2.24) is 9.88 Å². The van der Waals surface area contributed by atoms with Crippen LogP contribution in [0.3, 0.4) is 0 Å². The van der Waals surface area contributed by atoms with Crippen molar-refractivity contribution in [2.45, 2.75) is 31.6 Å². The first-order valence-electron chi connectivity index (χ1n) is 8.32. The van der Waals surface area contributed by atoms with E-state index in [-0.39, 0.29) is 6.10 Å². The molecule has 2 aliphatic heterocycles. The van der Waals surface area contributed by atoms with Gasteiger partial charge in [0.1, 0.15) is 11.7 Å². The van der Waals surface area contributed by atoms with Gasteiger partial charge in [0.25, 0.3) is 6.01 Å². The second-order valence-electron chi connectivity index (χ2n) is 6.47. The number of hydrogen-bond acceptors (Lipinski definition) is 6. The van der Waals surface area contributed by atoms with Crippen LogP contribution in [0.1, 0.15) is 18.4 Å². The molecule has 1 aromatic carbocycles. The molecule has 4 rings (SSSR count). The Hall–Kier alpha value is -1.63. The molecule has 3 heterocycles. The Morgan fingerprint density at radius 3 is 2.96 bits per heavy atom. The maximum atomic E-state index is 10.4. The van der Waals surface area contributed by atoms with Crippen LogP contribution in [0.4, 0.5) is 6.01 Å². The largest absolute Gasteiger partial charge is 0.423 e. The van der Waals surface area contributed by atoms with Crippen molar-refractivity contribution in [2.24, 2.45) is 0 Å². The molecule has 23 heavy (non-hydrogen) atoms. The molecular weight excluding hydrogens is 294 g/mol. The first kappa shape index (κ1) is 14.9. The zero-order valence-electron chi connectivity index (χ0n) is 13.4. The highest BCUT2D eigenvalue weighted by atomic mass is 16.5. The molecule has 0 radical (unpaired) electrons. The van der Waals surface area contributed by atoms with Gasteiger partial charge in [0.2, 0.25) is 0 Å². The van der Waals surface area contributed by atoms with Crippen molar-refractivity contribution in [3.8, 4) is 0 Å². The summed E-state index contributed by atoms with van der Waals surface area (Å²) in [6.07, 6.45) is 2.53. The zero-order chi connectivity index (χ0) is 15.8. The number of nitrogens with zero attached hydrogens (tertiary/aromatic N) is 3. The molecule has 6 nitrogen and oxygen atoms in total. The second kappa shape index (κ2) is 6.11. The molecule has 2 saturated heterocycles. The molecule has 0 aliphatic carbocycles. The Balaban J connectivity index is 1.46. The lowest BCUT2D eigenvalue weighted by molar-refractivity contribution is 0.00788. The van der Waals surface area contributed by atoms with Crippen LogP contribution >= 0.6 is 0 Å². The number of likely N-dealkylation sites (tertiary alicyclic amines) is 1. The van der Waals surface area contributed by atoms with Gasteiger partial charge in [-0.1, -0.05) is 6.07 Å². The number of aromatic nitrogens is 1. The summed E-state index contributed by atoms with van der Waals surface area (Å²) in [5.41, 5.74) is 2.75. The predicted octanol–water partition coefficient (Wildman–Crippen LogP) is 1.62. The fourth-order valence-electron chi connectivity index (χ4n) is 3.28. The summed E-state index contributed by atoms with van der Waals surface area (Å²) in [6.45, 7) is 3.71. The van der Waals surface area contributed by atoms with Crippen LogP contribution in [-0.2, 0) is 11.2 Å². The third kappa shape index (κ3) is 2.94. The van der Waals surface area contributed by atoms with Crippen LogP contribution in [0.5, 0.6) is 0 Å². The van der Waals surface area contributed by atoms with E-state index in [1.54, 1.807) is 7.11 Å². The number of aliphatic hydroxyl groups excluding tert-OH is 1. The van der Waals surface area contributed by atoms with Gasteiger partial charge < -0.3 is 19.2 Å². The van der Waals surface area contributed by atoms with E-state index in [1.807, 2.05) is 18.2 Å². The van der Waals surface area contributed by atoms with Crippen molar-refractivity contribution in [3.05, 3.63) is 23.8 Å². The monoisotopic (exact) mass is 317 g/mol. The standard InChI is InChI=1S/C17H23N3O3/c1-22-13-5-8-20(11-13)16(21)10-12-3-4-14-15(9-12)23-17(18-14)19-6-2-7-19/h3-4,9,13,16,21H,2,5-8,10-11H2,1H3/t13-,16?/m0/s1. The van der Waals surface area contributed by atoms with Crippen molar-refractivity contribution in [1.29, 1.82) is 0 Å². The lowest BCUT2D eigenvalue weighted by Gasteiger charge is -2.28. The first-order valence-corrected chi connectivity index (χ1v) is 8.32. The summed E-state index contributed by atoms with van der Waals surface area (Å²) in [6, 6.07) is 6.72. The van der Waals surface area contributed by atoms with Crippen molar-refractivity contribution in [3.63, 3.8) is 0 Å². The summed E-state index contributed by atoms with van der Waals surface area (Å²) < 4.78 is 11.2. The van der Waals surface area contributed by atoms with Crippen molar-refractivity contribution >= 4 is 17.1 Å². The van der Waals surface area contributed by atoms with Crippen molar-refractivity contribution < 1.29 is 14.3 Å². The third-order valence-corrected chi connectivity index (χ3v) is 4.92. The predicted molar refractivity (Wildman–Crippen MR) is 87.5 cm³/mol. The minimum absolute atomic E-state index is 0.237. The number of benzene rings is 1. The first-order chi connectivity index (χ1) is 11.2. The van der Waals surface area contributed by atoms with Gasteiger partial charge in [-0.05, 0) is 30.5 Å². The summed E-state index contributed by atoms with van der Waals surface area (Å²) >= 11 is 0. The van der Waals surface area contributed by atoms with E-state index in [0.29, 0.717) is 12.4 Å². The highest BCUT2D eigenvalue weighted by molar-refractivity contribution is 5.75. The normalized spacial score (nSPS) is 23.4. The Kier molecular flexibility index (Phi) is 3.97. The maximum Gasteiger partial charge on any atom is 0.298 e. The highest BCUT2D eigenvalue weighted by Gasteiger charge is 2.27. The summed E-state index contributed by atoms with van der Waals surface area (Å²) in [7, 11) is 1.73. The van der Waals surface area contributed by atoms with Crippen LogP contribution in [0.15, 0.2) is 22.6 Å². The average molecular weight is 317 g/mol. The van der Waals surface area contributed by atoms with Gasteiger partial charge in [0, 0.05) is 39.7 Å². The minimum atomic E-state index is -0.481. The zero-order valence-corrected chi connectivity index (χ0v) is 13.4. The number of fused-ring (bicyclic) bond motifs is 1. The molecule has 2 aliphatic rings. The van der Waals surface area contributed by atoms with Gasteiger partial charge in [0.15, 0.2) is 5.58 Å². The summed E-state index contributed by atoms with van der Waals surface area (Å²) in [5.74, 6) is 0. The van der Waals surface area contributed by atoms with Crippen LogP contribution in [0.25, 0.3) is 11.1 Å². The minimum Gasteiger partial charge on any atom is -0.423 e. The smallest absolute Gasteiger partial charge is 0.298 e. The molecule has 0 bridgehead atoms. The molecule has 1 aromatic heterocycles. The fourth-order valence-corrected chi connectivity index (χ4v) is 3.28. The van der Waals surface area contributed by atoms with Gasteiger partial charge in [-0.3, -0.25) is 4.90 Å². The maximum absolute atomic E-state index is 10.4. The second-order valence-corrected chi connectivity index (χ2v) is 6.47. The van der Waals surface area contributed by atoms with Crippen LogP contribution in [0.2, 0.25) is 0 Å². The molecule has 2 aromatic rings. The molecule has 124 valence electrons. The summed E-state index contributed by atoms with van der Waals surface area (Å²) in [5, 5.41) is 10.4. The number of oxazole rings is 1. The van der Waals surface area contributed by atoms with E-state index in [4.69, 9.17) is 9.15 Å². The Bertz CT molecular complexity index is 683. The SMILES string of the molecule is CO[C@H]1CCN(C(O)Cc2ccc3nc(N4CCC4)oc3c2)C1. The lowest BCUT2D eigenvalue weighted by Crippen LogP contribution is -2.37. The number of methoxy groups -OCH3 is 1. The third-order valence-electron chi connectivity index (χ3n) is 4.92. The number of anilines is 1. The van der Waals surface area contributed by atoms with Crippen LogP contribution in [0, 0.1) is 0 Å². The molecule has 2 fully saturated rings. The van der Waals surface area contributed by atoms with Crippen LogP contribution in [-0.4, -0.2) is 60.6 Å². The Morgan fingerprint density at radius 2 is 2.26 bits per heavy atom. The molecule has 2 atom stereocenters. The quantitative estimate of drug-likeness (QED) is 0.904. The molecular formula is C17H23N3O3. The van der Waals surface area contributed by atoms with Gasteiger partial charge in [0.05, 0.1) is 6.10 Å². The summed E-state index contributed by atoms with van der Waals surface area (Å²) in [4.78, 5) is 8.74. The van der Waals surface area contributed by atoms with Crippen molar-refractivity contribution in [2.75, 3.05) is 38.2 Å².